The fourth-order valence-corrected chi connectivity index (χ4v) is 3.00. The van der Waals surface area contributed by atoms with Gasteiger partial charge < -0.3 is 15.1 Å². The summed E-state index contributed by atoms with van der Waals surface area (Å²) < 4.78 is 5.99. The van der Waals surface area contributed by atoms with Crippen LogP contribution >= 0.6 is 0 Å². The van der Waals surface area contributed by atoms with E-state index in [0.717, 1.165) is 48.9 Å². The first-order chi connectivity index (χ1) is 10.1. The van der Waals surface area contributed by atoms with Crippen LogP contribution in [0.25, 0.3) is 11.1 Å². The van der Waals surface area contributed by atoms with Crippen LogP contribution in [0.3, 0.4) is 0 Å². The average molecular weight is 288 g/mol. The van der Waals surface area contributed by atoms with Gasteiger partial charge in [-0.05, 0) is 38.0 Å². The largest absolute Gasteiger partial charge is 0.423 e. The SMILES string of the molecule is Cc1cc(C)c2oc(N3CCN(C(C)CN)CC3)nc2c1. The van der Waals surface area contributed by atoms with Crippen LogP contribution in [-0.4, -0.2) is 48.6 Å². The fraction of sp³-hybridized carbons (Fsp3) is 0.562. The number of anilines is 1. The monoisotopic (exact) mass is 288 g/mol. The van der Waals surface area contributed by atoms with Crippen LogP contribution in [0.4, 0.5) is 6.01 Å². The van der Waals surface area contributed by atoms with Gasteiger partial charge in [0.05, 0.1) is 0 Å². The number of piperazine rings is 1. The average Bonchev–Trinajstić information content (AvgIpc) is 2.91. The van der Waals surface area contributed by atoms with Crippen molar-refractivity contribution in [1.82, 2.24) is 9.88 Å². The molecule has 0 saturated carbocycles. The van der Waals surface area contributed by atoms with Gasteiger partial charge in [0.2, 0.25) is 0 Å². The zero-order chi connectivity index (χ0) is 15.0. The molecule has 1 unspecified atom stereocenters. The highest BCUT2D eigenvalue weighted by Crippen LogP contribution is 2.26. The normalized spacial score (nSPS) is 18.4. The number of oxazole rings is 1. The number of nitrogens with two attached hydrogens (primary N) is 1. The van der Waals surface area contributed by atoms with Crippen molar-refractivity contribution in [3.63, 3.8) is 0 Å². The van der Waals surface area contributed by atoms with Gasteiger partial charge in [-0.2, -0.15) is 4.98 Å². The Bertz CT molecular complexity index is 628. The lowest BCUT2D eigenvalue weighted by atomic mass is 10.1. The van der Waals surface area contributed by atoms with Crippen LogP contribution in [0.15, 0.2) is 16.5 Å². The van der Waals surface area contributed by atoms with E-state index in [9.17, 15) is 0 Å². The Hall–Kier alpha value is -1.59. The third-order valence-electron chi connectivity index (χ3n) is 4.36. The summed E-state index contributed by atoms with van der Waals surface area (Å²) in [4.78, 5) is 9.32. The van der Waals surface area contributed by atoms with Gasteiger partial charge in [-0.15, -0.1) is 0 Å². The van der Waals surface area contributed by atoms with Gasteiger partial charge in [0.1, 0.15) is 5.52 Å². The molecule has 1 aromatic carbocycles. The van der Waals surface area contributed by atoms with Crippen molar-refractivity contribution in [2.45, 2.75) is 26.8 Å². The molecular formula is C16H24N4O. The van der Waals surface area contributed by atoms with Crippen molar-refractivity contribution in [3.05, 3.63) is 23.3 Å². The van der Waals surface area contributed by atoms with Crippen molar-refractivity contribution >= 4 is 17.1 Å². The molecule has 0 amide bonds. The number of aromatic nitrogens is 1. The van der Waals surface area contributed by atoms with Crippen molar-refractivity contribution in [1.29, 1.82) is 0 Å². The highest BCUT2D eigenvalue weighted by Gasteiger charge is 2.23. The van der Waals surface area contributed by atoms with E-state index < -0.39 is 0 Å². The fourth-order valence-electron chi connectivity index (χ4n) is 3.00. The Balaban J connectivity index is 1.78. The van der Waals surface area contributed by atoms with Crippen LogP contribution in [0.1, 0.15) is 18.1 Å². The standard InChI is InChI=1S/C16H24N4O/c1-11-8-12(2)15-14(9-11)18-16(21-15)20-6-4-19(5-7-20)13(3)10-17/h8-9,13H,4-7,10,17H2,1-3H3. The van der Waals surface area contributed by atoms with E-state index in [1.54, 1.807) is 0 Å². The lowest BCUT2D eigenvalue weighted by Crippen LogP contribution is -2.51. The van der Waals surface area contributed by atoms with E-state index in [4.69, 9.17) is 10.2 Å². The molecule has 0 radical (unpaired) electrons. The Morgan fingerprint density at radius 1 is 1.24 bits per heavy atom. The maximum absolute atomic E-state index is 5.99. The number of hydrogen-bond donors (Lipinski definition) is 1. The van der Waals surface area contributed by atoms with Crippen LogP contribution in [0.5, 0.6) is 0 Å². The minimum Gasteiger partial charge on any atom is -0.423 e. The number of aryl methyl sites for hydroxylation is 2. The molecule has 1 aliphatic rings. The van der Waals surface area contributed by atoms with E-state index in [0.29, 0.717) is 12.6 Å². The van der Waals surface area contributed by atoms with Gasteiger partial charge >= 0.3 is 0 Å². The van der Waals surface area contributed by atoms with E-state index in [-0.39, 0.29) is 0 Å². The first-order valence-corrected chi connectivity index (χ1v) is 7.65. The molecule has 1 saturated heterocycles. The van der Waals surface area contributed by atoms with Gasteiger partial charge in [0, 0.05) is 38.8 Å². The van der Waals surface area contributed by atoms with Crippen molar-refractivity contribution in [2.24, 2.45) is 5.73 Å². The molecule has 0 spiro atoms. The van der Waals surface area contributed by atoms with Crippen LogP contribution in [-0.2, 0) is 0 Å². The molecule has 114 valence electrons. The van der Waals surface area contributed by atoms with Gasteiger partial charge in [0.25, 0.3) is 6.01 Å². The molecule has 2 N–H and O–H groups in total. The molecule has 1 aromatic heterocycles. The Morgan fingerprint density at radius 2 is 1.95 bits per heavy atom. The van der Waals surface area contributed by atoms with E-state index in [1.165, 1.54) is 5.56 Å². The van der Waals surface area contributed by atoms with Crippen LogP contribution in [0, 0.1) is 13.8 Å². The summed E-state index contributed by atoms with van der Waals surface area (Å²) in [5.41, 5.74) is 9.99. The van der Waals surface area contributed by atoms with Gasteiger partial charge in [-0.25, -0.2) is 0 Å². The van der Waals surface area contributed by atoms with Crippen molar-refractivity contribution in [3.8, 4) is 0 Å². The summed E-state index contributed by atoms with van der Waals surface area (Å²) in [5.74, 6) is 0. The Morgan fingerprint density at radius 3 is 2.62 bits per heavy atom. The summed E-state index contributed by atoms with van der Waals surface area (Å²) in [7, 11) is 0. The maximum Gasteiger partial charge on any atom is 0.298 e. The van der Waals surface area contributed by atoms with E-state index >= 15 is 0 Å². The molecule has 1 aliphatic heterocycles. The van der Waals surface area contributed by atoms with Gasteiger partial charge in [0.15, 0.2) is 5.58 Å². The second-order valence-electron chi connectivity index (χ2n) is 6.03. The third kappa shape index (κ3) is 2.76. The van der Waals surface area contributed by atoms with Gasteiger partial charge in [-0.1, -0.05) is 6.07 Å². The first kappa shape index (κ1) is 14.4. The number of benzene rings is 1. The predicted molar refractivity (Wildman–Crippen MR) is 85.8 cm³/mol. The molecule has 2 aromatic rings. The maximum atomic E-state index is 5.99. The minimum atomic E-state index is 0.445. The topological polar surface area (TPSA) is 58.5 Å². The van der Waals surface area contributed by atoms with Crippen LogP contribution in [0.2, 0.25) is 0 Å². The lowest BCUT2D eigenvalue weighted by Gasteiger charge is -2.36. The first-order valence-electron chi connectivity index (χ1n) is 7.65. The third-order valence-corrected chi connectivity index (χ3v) is 4.36. The van der Waals surface area contributed by atoms with Crippen molar-refractivity contribution < 1.29 is 4.42 Å². The highest BCUT2D eigenvalue weighted by molar-refractivity contribution is 5.78. The number of nitrogens with zero attached hydrogens (tertiary/aromatic N) is 3. The second-order valence-corrected chi connectivity index (χ2v) is 6.03. The molecule has 5 nitrogen and oxygen atoms in total. The van der Waals surface area contributed by atoms with E-state index in [2.05, 4.69) is 47.7 Å². The molecule has 0 bridgehead atoms. The predicted octanol–water partition coefficient (Wildman–Crippen LogP) is 1.91. The molecular weight excluding hydrogens is 264 g/mol. The number of fused-ring (bicyclic) bond motifs is 1. The number of rotatable bonds is 3. The zero-order valence-electron chi connectivity index (χ0n) is 13.1. The Kier molecular flexibility index (Phi) is 3.87. The Labute approximate surface area is 125 Å². The molecule has 5 heteroatoms. The van der Waals surface area contributed by atoms with Gasteiger partial charge in [-0.3, -0.25) is 4.90 Å². The highest BCUT2D eigenvalue weighted by atomic mass is 16.4. The summed E-state index contributed by atoms with van der Waals surface area (Å²) in [6.45, 7) is 11.0. The van der Waals surface area contributed by atoms with Crippen molar-refractivity contribution in [2.75, 3.05) is 37.6 Å². The summed E-state index contributed by atoms with van der Waals surface area (Å²) in [5, 5.41) is 0. The molecule has 3 rings (SSSR count). The second kappa shape index (κ2) is 5.66. The quantitative estimate of drug-likeness (QED) is 0.935. The summed E-state index contributed by atoms with van der Waals surface area (Å²) >= 11 is 0. The zero-order valence-corrected chi connectivity index (χ0v) is 13.1. The minimum absolute atomic E-state index is 0.445. The molecule has 21 heavy (non-hydrogen) atoms. The summed E-state index contributed by atoms with van der Waals surface area (Å²) in [6, 6.07) is 5.42. The molecule has 0 aliphatic carbocycles. The smallest absolute Gasteiger partial charge is 0.298 e. The summed E-state index contributed by atoms with van der Waals surface area (Å²) in [6.07, 6.45) is 0. The molecule has 2 heterocycles. The number of hydrogen-bond acceptors (Lipinski definition) is 5. The van der Waals surface area contributed by atoms with Crippen LogP contribution < -0.4 is 10.6 Å². The molecule has 1 atom stereocenters. The lowest BCUT2D eigenvalue weighted by molar-refractivity contribution is 0.198. The van der Waals surface area contributed by atoms with E-state index in [1.807, 2.05) is 0 Å². The molecule has 1 fully saturated rings.